The van der Waals surface area contributed by atoms with E-state index in [-0.39, 0.29) is 12.2 Å². The average molecular weight is 364 g/mol. The molecule has 0 bridgehead atoms. The maximum atomic E-state index is 12.9. The first-order valence-corrected chi connectivity index (χ1v) is 7.76. The van der Waals surface area contributed by atoms with E-state index < -0.39 is 23.3 Å². The molecule has 0 unspecified atom stereocenters. The summed E-state index contributed by atoms with van der Waals surface area (Å²) in [7, 11) is 0. The Balaban J connectivity index is 1.62. The molecule has 2 aromatic heterocycles. The van der Waals surface area contributed by atoms with Crippen LogP contribution < -0.4 is 5.32 Å². The van der Waals surface area contributed by atoms with Crippen LogP contribution in [0.15, 0.2) is 41.0 Å². The predicted molar refractivity (Wildman–Crippen MR) is 86.3 cm³/mol. The Morgan fingerprint density at radius 3 is 2.69 bits per heavy atom. The lowest BCUT2D eigenvalue weighted by Gasteiger charge is -2.07. The third-order valence-corrected chi connectivity index (χ3v) is 3.68. The lowest BCUT2D eigenvalue weighted by molar-refractivity contribution is -0.141. The van der Waals surface area contributed by atoms with E-state index in [1.165, 1.54) is 13.2 Å². The van der Waals surface area contributed by atoms with Crippen LogP contribution in [-0.4, -0.2) is 27.6 Å². The van der Waals surface area contributed by atoms with Gasteiger partial charge in [-0.3, -0.25) is 9.89 Å². The minimum absolute atomic E-state index is 0.0580. The molecule has 26 heavy (non-hydrogen) atoms. The number of halogens is 3. The van der Waals surface area contributed by atoms with Crippen LogP contribution in [0.1, 0.15) is 27.4 Å². The molecule has 3 aromatic rings. The number of aryl methyl sites for hydroxylation is 1. The monoisotopic (exact) mass is 364 g/mol. The first-order chi connectivity index (χ1) is 12.4. The van der Waals surface area contributed by atoms with E-state index in [1.54, 1.807) is 0 Å². The van der Waals surface area contributed by atoms with Gasteiger partial charge in [-0.2, -0.15) is 18.3 Å². The standard InChI is InChI=1S/C17H15F3N4O2/c1-10-13(14(24-23-10)17(18,19)20)15(25)21-8-7-12-9-26-16(22-12)11-5-3-2-4-6-11/h2-6,9H,7-8H2,1H3,(H,21,25)(H,23,24). The molecule has 0 aliphatic heterocycles. The summed E-state index contributed by atoms with van der Waals surface area (Å²) >= 11 is 0. The van der Waals surface area contributed by atoms with Crippen LogP contribution in [0.3, 0.4) is 0 Å². The second-order valence-electron chi connectivity index (χ2n) is 5.59. The SMILES string of the molecule is Cc1[nH]nc(C(F)(F)F)c1C(=O)NCCc1coc(-c2ccccc2)n1. The van der Waals surface area contributed by atoms with Gasteiger partial charge in [-0.25, -0.2) is 4.98 Å². The Kier molecular flexibility index (Phi) is 4.79. The summed E-state index contributed by atoms with van der Waals surface area (Å²) in [6.07, 6.45) is -2.92. The molecule has 0 saturated carbocycles. The van der Waals surface area contributed by atoms with Crippen LogP contribution in [-0.2, 0) is 12.6 Å². The molecular weight excluding hydrogens is 349 g/mol. The van der Waals surface area contributed by atoms with E-state index in [0.717, 1.165) is 5.56 Å². The maximum absolute atomic E-state index is 12.9. The number of amides is 1. The van der Waals surface area contributed by atoms with Gasteiger partial charge in [0.2, 0.25) is 5.89 Å². The Bertz CT molecular complexity index is 900. The first kappa shape index (κ1) is 17.7. The molecule has 1 aromatic carbocycles. The predicted octanol–water partition coefficient (Wildman–Crippen LogP) is 3.36. The molecule has 2 heterocycles. The largest absolute Gasteiger partial charge is 0.444 e. The minimum Gasteiger partial charge on any atom is -0.444 e. The molecule has 0 aliphatic carbocycles. The number of H-pyrrole nitrogens is 1. The van der Waals surface area contributed by atoms with Gasteiger partial charge in [0.1, 0.15) is 6.26 Å². The third kappa shape index (κ3) is 3.76. The number of aromatic nitrogens is 3. The van der Waals surface area contributed by atoms with Gasteiger partial charge in [-0.05, 0) is 19.1 Å². The highest BCUT2D eigenvalue weighted by atomic mass is 19.4. The number of carbonyl (C=O) groups is 1. The summed E-state index contributed by atoms with van der Waals surface area (Å²) in [6, 6.07) is 9.27. The average Bonchev–Trinajstić information content (AvgIpc) is 3.22. The van der Waals surface area contributed by atoms with Crippen molar-refractivity contribution in [3.05, 3.63) is 59.2 Å². The van der Waals surface area contributed by atoms with E-state index in [9.17, 15) is 18.0 Å². The fourth-order valence-electron chi connectivity index (χ4n) is 2.44. The van der Waals surface area contributed by atoms with E-state index >= 15 is 0 Å². The van der Waals surface area contributed by atoms with Crippen molar-refractivity contribution in [1.29, 1.82) is 0 Å². The molecule has 3 rings (SSSR count). The van der Waals surface area contributed by atoms with Crippen LogP contribution in [0.25, 0.3) is 11.5 Å². The number of hydrogen-bond acceptors (Lipinski definition) is 4. The van der Waals surface area contributed by atoms with Gasteiger partial charge >= 0.3 is 6.18 Å². The van der Waals surface area contributed by atoms with E-state index in [1.807, 2.05) is 30.3 Å². The lowest BCUT2D eigenvalue weighted by Crippen LogP contribution is -2.28. The second kappa shape index (κ2) is 7.03. The van der Waals surface area contributed by atoms with Gasteiger partial charge in [-0.1, -0.05) is 18.2 Å². The van der Waals surface area contributed by atoms with Crippen LogP contribution in [0.4, 0.5) is 13.2 Å². The van der Waals surface area contributed by atoms with Crippen molar-refractivity contribution in [3.8, 4) is 11.5 Å². The van der Waals surface area contributed by atoms with Crippen LogP contribution in [0.5, 0.6) is 0 Å². The lowest BCUT2D eigenvalue weighted by atomic mass is 10.1. The summed E-state index contributed by atoms with van der Waals surface area (Å²) in [5, 5.41) is 7.82. The van der Waals surface area contributed by atoms with Gasteiger partial charge in [-0.15, -0.1) is 0 Å². The molecule has 136 valence electrons. The summed E-state index contributed by atoms with van der Waals surface area (Å²) in [5.41, 5.74) is -0.263. The fourth-order valence-corrected chi connectivity index (χ4v) is 2.44. The molecule has 9 heteroatoms. The number of nitrogens with zero attached hydrogens (tertiary/aromatic N) is 2. The van der Waals surface area contributed by atoms with Crippen molar-refractivity contribution >= 4 is 5.91 Å². The van der Waals surface area contributed by atoms with Gasteiger partial charge in [0.25, 0.3) is 5.91 Å². The molecule has 6 nitrogen and oxygen atoms in total. The highest BCUT2D eigenvalue weighted by Crippen LogP contribution is 2.31. The second-order valence-corrected chi connectivity index (χ2v) is 5.59. The van der Waals surface area contributed by atoms with E-state index in [2.05, 4.69) is 20.5 Å². The quantitative estimate of drug-likeness (QED) is 0.727. The molecule has 1 amide bonds. The van der Waals surface area contributed by atoms with Crippen molar-refractivity contribution in [2.24, 2.45) is 0 Å². The van der Waals surface area contributed by atoms with Gasteiger partial charge in [0.05, 0.1) is 11.3 Å². The van der Waals surface area contributed by atoms with Crippen LogP contribution >= 0.6 is 0 Å². The number of hydrogen-bond donors (Lipinski definition) is 2. The molecule has 0 spiro atoms. The van der Waals surface area contributed by atoms with E-state index in [4.69, 9.17) is 4.42 Å². The number of alkyl halides is 3. The van der Waals surface area contributed by atoms with Crippen molar-refractivity contribution in [2.75, 3.05) is 6.54 Å². The normalized spacial score (nSPS) is 11.5. The van der Waals surface area contributed by atoms with Crippen LogP contribution in [0.2, 0.25) is 0 Å². The maximum Gasteiger partial charge on any atom is 0.435 e. The number of benzene rings is 1. The first-order valence-electron chi connectivity index (χ1n) is 7.76. The summed E-state index contributed by atoms with van der Waals surface area (Å²) in [4.78, 5) is 16.4. The van der Waals surface area contributed by atoms with Crippen molar-refractivity contribution in [1.82, 2.24) is 20.5 Å². The number of nitrogens with one attached hydrogen (secondary N) is 2. The smallest absolute Gasteiger partial charge is 0.435 e. The topological polar surface area (TPSA) is 83.8 Å². The number of rotatable bonds is 5. The van der Waals surface area contributed by atoms with E-state index in [0.29, 0.717) is 18.0 Å². The molecule has 0 saturated heterocycles. The zero-order valence-corrected chi connectivity index (χ0v) is 13.7. The number of oxazole rings is 1. The number of aromatic amines is 1. The Morgan fingerprint density at radius 2 is 2.00 bits per heavy atom. The zero-order valence-electron chi connectivity index (χ0n) is 13.7. The highest BCUT2D eigenvalue weighted by Gasteiger charge is 2.39. The van der Waals surface area contributed by atoms with Crippen molar-refractivity contribution in [2.45, 2.75) is 19.5 Å². The third-order valence-electron chi connectivity index (χ3n) is 3.68. The summed E-state index contributed by atoms with van der Waals surface area (Å²) in [6.45, 7) is 1.47. The summed E-state index contributed by atoms with van der Waals surface area (Å²) in [5.74, 6) is -0.396. The Labute approximate surface area is 146 Å². The Hall–Kier alpha value is -3.10. The molecule has 2 N–H and O–H groups in total. The molecular formula is C17H15F3N4O2. The van der Waals surface area contributed by atoms with Gasteiger partial charge in [0.15, 0.2) is 5.69 Å². The van der Waals surface area contributed by atoms with Gasteiger partial charge in [0, 0.05) is 24.2 Å². The van der Waals surface area contributed by atoms with Crippen LogP contribution in [0, 0.1) is 6.92 Å². The fraction of sp³-hybridized carbons (Fsp3) is 0.235. The van der Waals surface area contributed by atoms with Crippen molar-refractivity contribution in [3.63, 3.8) is 0 Å². The molecule has 0 atom stereocenters. The molecule has 0 aliphatic rings. The molecule has 0 fully saturated rings. The zero-order chi connectivity index (χ0) is 18.7. The summed E-state index contributed by atoms with van der Waals surface area (Å²) < 4.78 is 44.0. The van der Waals surface area contributed by atoms with Gasteiger partial charge < -0.3 is 9.73 Å². The minimum atomic E-state index is -4.70. The highest BCUT2D eigenvalue weighted by molar-refractivity contribution is 5.96. The molecule has 0 radical (unpaired) electrons. The Morgan fingerprint density at radius 1 is 1.27 bits per heavy atom. The number of carbonyl (C=O) groups excluding carboxylic acids is 1. The van der Waals surface area contributed by atoms with Crippen molar-refractivity contribution < 1.29 is 22.4 Å².